The van der Waals surface area contributed by atoms with E-state index in [-0.39, 0.29) is 5.97 Å². The molecule has 0 aliphatic heterocycles. The summed E-state index contributed by atoms with van der Waals surface area (Å²) >= 11 is 0. The van der Waals surface area contributed by atoms with Gasteiger partial charge in [-0.3, -0.25) is 4.79 Å². The van der Waals surface area contributed by atoms with E-state index < -0.39 is 5.54 Å². The molecule has 0 saturated carbocycles. The number of hydrogen-bond donors (Lipinski definition) is 1. The van der Waals surface area contributed by atoms with Crippen molar-refractivity contribution in [3.05, 3.63) is 0 Å². The maximum absolute atomic E-state index is 11.5. The Morgan fingerprint density at radius 2 is 1.55 bits per heavy atom. The van der Waals surface area contributed by atoms with E-state index in [9.17, 15) is 4.79 Å². The normalized spacial score (nSPS) is 14.6. The summed E-state index contributed by atoms with van der Waals surface area (Å²) in [5.41, 5.74) is 5.10. The number of methoxy groups -OCH3 is 1. The molecule has 0 aromatic carbocycles. The fourth-order valence-corrected chi connectivity index (χ4v) is 2.21. The molecule has 0 aliphatic rings. The van der Waals surface area contributed by atoms with Gasteiger partial charge in [-0.1, -0.05) is 20.8 Å². The number of carbonyl (C=O) groups excluding carboxylic acids is 1. The van der Waals surface area contributed by atoms with Crippen molar-refractivity contribution in [1.29, 1.82) is 0 Å². The molecule has 0 aromatic rings. The van der Waals surface area contributed by atoms with Crippen LogP contribution in [0.5, 0.6) is 0 Å². The molecule has 0 saturated heterocycles. The van der Waals surface area contributed by atoms with Crippen molar-refractivity contribution in [3.63, 3.8) is 0 Å². The molecule has 5 heteroatoms. The van der Waals surface area contributed by atoms with Crippen LogP contribution in [-0.4, -0.2) is 67.7 Å². The maximum Gasteiger partial charge on any atom is 0.325 e. The molecule has 0 amide bonds. The van der Waals surface area contributed by atoms with Gasteiger partial charge in [-0.05, 0) is 52.5 Å². The average molecular weight is 287 g/mol. The lowest BCUT2D eigenvalue weighted by atomic mass is 9.99. The van der Waals surface area contributed by atoms with Gasteiger partial charge in [-0.15, -0.1) is 0 Å². The first-order valence-electron chi connectivity index (χ1n) is 7.73. The smallest absolute Gasteiger partial charge is 0.325 e. The molecular weight excluding hydrogens is 254 g/mol. The van der Waals surface area contributed by atoms with Gasteiger partial charge >= 0.3 is 5.97 Å². The lowest BCUT2D eigenvalue weighted by molar-refractivity contribution is -0.146. The Morgan fingerprint density at radius 3 is 2.00 bits per heavy atom. The topological polar surface area (TPSA) is 58.8 Å². The second kappa shape index (κ2) is 10.1. The van der Waals surface area contributed by atoms with E-state index in [0.29, 0.717) is 6.42 Å². The van der Waals surface area contributed by atoms with Gasteiger partial charge in [-0.2, -0.15) is 0 Å². The van der Waals surface area contributed by atoms with Crippen LogP contribution in [0.4, 0.5) is 0 Å². The zero-order valence-electron chi connectivity index (χ0n) is 13.9. The molecule has 0 bridgehead atoms. The lowest BCUT2D eigenvalue weighted by Gasteiger charge is -2.27. The number of rotatable bonds is 11. The Morgan fingerprint density at radius 1 is 1.05 bits per heavy atom. The molecule has 1 atom stereocenters. The summed E-state index contributed by atoms with van der Waals surface area (Å²) < 4.78 is 4.73. The Bertz CT molecular complexity index is 266. The quantitative estimate of drug-likeness (QED) is 0.581. The zero-order valence-corrected chi connectivity index (χ0v) is 13.9. The summed E-state index contributed by atoms with van der Waals surface area (Å²) in [4.78, 5) is 16.3. The van der Waals surface area contributed by atoms with Crippen LogP contribution in [0, 0.1) is 0 Å². The third kappa shape index (κ3) is 7.22. The van der Waals surface area contributed by atoms with Gasteiger partial charge in [0, 0.05) is 6.54 Å². The molecule has 0 aliphatic carbocycles. The molecular formula is C15H33N3O2. The molecule has 0 heterocycles. The van der Waals surface area contributed by atoms with E-state index >= 15 is 0 Å². The van der Waals surface area contributed by atoms with E-state index in [1.807, 2.05) is 0 Å². The zero-order chi connectivity index (χ0) is 15.6. The van der Waals surface area contributed by atoms with Crippen LogP contribution in [0.1, 0.15) is 40.5 Å². The largest absolute Gasteiger partial charge is 0.468 e. The highest BCUT2D eigenvalue weighted by Crippen LogP contribution is 2.09. The van der Waals surface area contributed by atoms with E-state index in [1.165, 1.54) is 7.11 Å². The molecule has 0 radical (unpaired) electrons. The van der Waals surface area contributed by atoms with Crippen molar-refractivity contribution in [1.82, 2.24) is 9.80 Å². The second-order valence-electron chi connectivity index (χ2n) is 5.47. The first kappa shape index (κ1) is 19.4. The fraction of sp³-hybridized carbons (Fsp3) is 0.933. The molecule has 0 fully saturated rings. The van der Waals surface area contributed by atoms with Crippen molar-refractivity contribution < 1.29 is 9.53 Å². The van der Waals surface area contributed by atoms with Gasteiger partial charge in [0.05, 0.1) is 7.11 Å². The van der Waals surface area contributed by atoms with Crippen molar-refractivity contribution in [2.45, 2.75) is 46.1 Å². The van der Waals surface area contributed by atoms with Crippen molar-refractivity contribution in [2.75, 3.05) is 46.4 Å². The van der Waals surface area contributed by atoms with Gasteiger partial charge in [0.15, 0.2) is 0 Å². The SMILES string of the molecule is CCN(CC)CCCN(CC)CCC(C)(N)C(=O)OC. The van der Waals surface area contributed by atoms with Crippen LogP contribution in [0.15, 0.2) is 0 Å². The standard InChI is InChI=1S/C15H33N3O2/c1-6-17(7-2)11-9-12-18(8-3)13-10-15(4,16)14(19)20-5/h6-13,16H2,1-5H3. The van der Waals surface area contributed by atoms with E-state index in [0.717, 1.165) is 45.7 Å². The monoisotopic (exact) mass is 287 g/mol. The summed E-state index contributed by atoms with van der Waals surface area (Å²) in [6.07, 6.45) is 1.77. The van der Waals surface area contributed by atoms with Crippen molar-refractivity contribution >= 4 is 5.97 Å². The summed E-state index contributed by atoms with van der Waals surface area (Å²) in [5, 5.41) is 0. The van der Waals surface area contributed by atoms with Crippen molar-refractivity contribution in [2.24, 2.45) is 5.73 Å². The van der Waals surface area contributed by atoms with Gasteiger partial charge in [-0.25, -0.2) is 0 Å². The predicted molar refractivity (Wildman–Crippen MR) is 83.7 cm³/mol. The third-order valence-corrected chi connectivity index (χ3v) is 3.89. The average Bonchev–Trinajstić information content (AvgIpc) is 2.45. The molecule has 0 aromatic heterocycles. The second-order valence-corrected chi connectivity index (χ2v) is 5.47. The minimum atomic E-state index is -0.888. The molecule has 5 nitrogen and oxygen atoms in total. The number of carbonyl (C=O) groups is 1. The van der Waals surface area contributed by atoms with Crippen LogP contribution in [0.25, 0.3) is 0 Å². The van der Waals surface area contributed by atoms with Gasteiger partial charge in [0.1, 0.15) is 5.54 Å². The van der Waals surface area contributed by atoms with E-state index in [2.05, 4.69) is 30.6 Å². The Labute approximate surface area is 124 Å². The van der Waals surface area contributed by atoms with Crippen LogP contribution >= 0.6 is 0 Å². The number of ether oxygens (including phenoxy) is 1. The highest BCUT2D eigenvalue weighted by molar-refractivity contribution is 5.79. The Balaban J connectivity index is 4.07. The summed E-state index contributed by atoms with van der Waals surface area (Å²) in [6, 6.07) is 0. The summed E-state index contributed by atoms with van der Waals surface area (Å²) in [7, 11) is 1.38. The van der Waals surface area contributed by atoms with Gasteiger partial charge in [0.25, 0.3) is 0 Å². The minimum Gasteiger partial charge on any atom is -0.468 e. The number of hydrogen-bond acceptors (Lipinski definition) is 5. The minimum absolute atomic E-state index is 0.336. The number of nitrogens with zero attached hydrogens (tertiary/aromatic N) is 2. The van der Waals surface area contributed by atoms with Crippen LogP contribution in [0.3, 0.4) is 0 Å². The summed E-state index contributed by atoms with van der Waals surface area (Å²) in [6.45, 7) is 14.5. The number of nitrogens with two attached hydrogens (primary N) is 1. The van der Waals surface area contributed by atoms with Gasteiger partial charge in [0.2, 0.25) is 0 Å². The predicted octanol–water partition coefficient (Wildman–Crippen LogP) is 1.32. The number of esters is 1. The highest BCUT2D eigenvalue weighted by atomic mass is 16.5. The molecule has 2 N–H and O–H groups in total. The van der Waals surface area contributed by atoms with E-state index in [4.69, 9.17) is 10.5 Å². The Hall–Kier alpha value is -0.650. The first-order valence-corrected chi connectivity index (χ1v) is 7.73. The van der Waals surface area contributed by atoms with Crippen LogP contribution in [-0.2, 0) is 9.53 Å². The lowest BCUT2D eigenvalue weighted by Crippen LogP contribution is -2.48. The molecule has 0 spiro atoms. The van der Waals surface area contributed by atoms with Crippen LogP contribution < -0.4 is 5.73 Å². The summed E-state index contributed by atoms with van der Waals surface area (Å²) in [5.74, 6) is -0.336. The molecule has 0 rings (SSSR count). The molecule has 1 unspecified atom stereocenters. The first-order chi connectivity index (χ1) is 9.41. The van der Waals surface area contributed by atoms with E-state index in [1.54, 1.807) is 6.92 Å². The van der Waals surface area contributed by atoms with Crippen molar-refractivity contribution in [3.8, 4) is 0 Å². The molecule has 120 valence electrons. The third-order valence-electron chi connectivity index (χ3n) is 3.89. The Kier molecular flexibility index (Phi) is 9.80. The van der Waals surface area contributed by atoms with Gasteiger partial charge < -0.3 is 20.3 Å². The highest BCUT2D eigenvalue weighted by Gasteiger charge is 2.29. The fourth-order valence-electron chi connectivity index (χ4n) is 2.21. The van der Waals surface area contributed by atoms with Crippen LogP contribution in [0.2, 0.25) is 0 Å². The molecule has 20 heavy (non-hydrogen) atoms. The maximum atomic E-state index is 11.5.